The SMILES string of the molecule is CC(=O)c1ccc(C=O)c(I)c1. The smallest absolute Gasteiger partial charge is 0.159 e. The second-order valence-electron chi connectivity index (χ2n) is 2.41. The lowest BCUT2D eigenvalue weighted by molar-refractivity contribution is 0.101. The van der Waals surface area contributed by atoms with E-state index >= 15 is 0 Å². The summed E-state index contributed by atoms with van der Waals surface area (Å²) >= 11 is 2.04. The molecule has 0 amide bonds. The molecule has 0 aromatic heterocycles. The molecule has 0 aliphatic carbocycles. The predicted molar refractivity (Wildman–Crippen MR) is 54.6 cm³/mol. The zero-order valence-electron chi connectivity index (χ0n) is 6.50. The van der Waals surface area contributed by atoms with Gasteiger partial charge in [0.05, 0.1) is 0 Å². The van der Waals surface area contributed by atoms with Gasteiger partial charge in [0, 0.05) is 14.7 Å². The molecule has 0 unspecified atom stereocenters. The monoisotopic (exact) mass is 274 g/mol. The van der Waals surface area contributed by atoms with Crippen LogP contribution in [0.25, 0.3) is 0 Å². The molecule has 0 aliphatic rings. The van der Waals surface area contributed by atoms with Crippen LogP contribution in [0.3, 0.4) is 0 Å². The first-order chi connectivity index (χ1) is 5.65. The second kappa shape index (κ2) is 3.80. The largest absolute Gasteiger partial charge is 0.298 e. The number of Topliss-reactive ketones (excluding diaryl/α,β-unsaturated/α-hetero) is 1. The molecule has 0 spiro atoms. The molecule has 12 heavy (non-hydrogen) atoms. The van der Waals surface area contributed by atoms with Crippen LogP contribution in [-0.2, 0) is 0 Å². The number of benzene rings is 1. The van der Waals surface area contributed by atoms with Crippen molar-refractivity contribution in [1.29, 1.82) is 0 Å². The quantitative estimate of drug-likeness (QED) is 0.471. The number of hydrogen-bond acceptors (Lipinski definition) is 2. The van der Waals surface area contributed by atoms with E-state index < -0.39 is 0 Å². The van der Waals surface area contributed by atoms with Gasteiger partial charge in [-0.2, -0.15) is 0 Å². The van der Waals surface area contributed by atoms with Crippen LogP contribution in [-0.4, -0.2) is 12.1 Å². The van der Waals surface area contributed by atoms with Gasteiger partial charge >= 0.3 is 0 Å². The Morgan fingerprint density at radius 2 is 2.17 bits per heavy atom. The lowest BCUT2D eigenvalue weighted by Crippen LogP contribution is -1.94. The zero-order chi connectivity index (χ0) is 9.14. The Hall–Kier alpha value is -0.710. The Kier molecular flexibility index (Phi) is 2.97. The van der Waals surface area contributed by atoms with E-state index in [0.717, 1.165) is 9.86 Å². The standard InChI is InChI=1S/C9H7IO2/c1-6(12)7-2-3-8(5-11)9(10)4-7/h2-5H,1H3. The molecule has 3 heteroatoms. The molecular weight excluding hydrogens is 267 g/mol. The minimum absolute atomic E-state index is 0.0189. The molecule has 0 N–H and O–H groups in total. The molecule has 1 rings (SSSR count). The maximum absolute atomic E-state index is 10.9. The molecule has 1 aromatic rings. The summed E-state index contributed by atoms with van der Waals surface area (Å²) in [5.41, 5.74) is 1.27. The summed E-state index contributed by atoms with van der Waals surface area (Å²) in [5, 5.41) is 0. The third-order valence-corrected chi connectivity index (χ3v) is 2.47. The Morgan fingerprint density at radius 3 is 2.58 bits per heavy atom. The fraction of sp³-hybridized carbons (Fsp3) is 0.111. The molecule has 62 valence electrons. The highest BCUT2D eigenvalue weighted by Gasteiger charge is 2.02. The van der Waals surface area contributed by atoms with E-state index in [0.29, 0.717) is 11.1 Å². The average Bonchev–Trinajstić information content (AvgIpc) is 2.04. The molecule has 0 heterocycles. The van der Waals surface area contributed by atoms with Gasteiger partial charge in [0.15, 0.2) is 12.1 Å². The lowest BCUT2D eigenvalue weighted by atomic mass is 10.1. The van der Waals surface area contributed by atoms with Gasteiger partial charge in [-0.1, -0.05) is 6.07 Å². The summed E-state index contributed by atoms with van der Waals surface area (Å²) in [6, 6.07) is 5.03. The molecule has 0 saturated carbocycles. The van der Waals surface area contributed by atoms with E-state index in [1.807, 2.05) is 22.6 Å². The fourth-order valence-electron chi connectivity index (χ4n) is 0.842. The van der Waals surface area contributed by atoms with Crippen LogP contribution in [0, 0.1) is 3.57 Å². The van der Waals surface area contributed by atoms with Crippen molar-refractivity contribution < 1.29 is 9.59 Å². The van der Waals surface area contributed by atoms with Crippen molar-refractivity contribution >= 4 is 34.7 Å². The highest BCUT2D eigenvalue weighted by atomic mass is 127. The molecule has 0 atom stereocenters. The predicted octanol–water partition coefficient (Wildman–Crippen LogP) is 2.31. The first-order valence-electron chi connectivity index (χ1n) is 3.41. The molecular formula is C9H7IO2. The third kappa shape index (κ3) is 1.91. The van der Waals surface area contributed by atoms with Crippen LogP contribution in [0.4, 0.5) is 0 Å². The minimum Gasteiger partial charge on any atom is -0.298 e. The number of rotatable bonds is 2. The molecule has 0 fully saturated rings. The molecule has 0 bridgehead atoms. The maximum atomic E-state index is 10.9. The van der Waals surface area contributed by atoms with Crippen molar-refractivity contribution in [3.8, 4) is 0 Å². The van der Waals surface area contributed by atoms with Gasteiger partial charge in [-0.3, -0.25) is 9.59 Å². The van der Waals surface area contributed by atoms with Crippen LogP contribution in [0.2, 0.25) is 0 Å². The van der Waals surface area contributed by atoms with E-state index in [4.69, 9.17) is 0 Å². The number of hydrogen-bond donors (Lipinski definition) is 0. The van der Waals surface area contributed by atoms with E-state index in [2.05, 4.69) is 0 Å². The van der Waals surface area contributed by atoms with E-state index in [1.165, 1.54) is 6.92 Å². The minimum atomic E-state index is 0.0189. The lowest BCUT2D eigenvalue weighted by Gasteiger charge is -1.98. The highest BCUT2D eigenvalue weighted by Crippen LogP contribution is 2.13. The van der Waals surface area contributed by atoms with Crippen molar-refractivity contribution in [1.82, 2.24) is 0 Å². The van der Waals surface area contributed by atoms with Gasteiger partial charge in [0.1, 0.15) is 0 Å². The van der Waals surface area contributed by atoms with Gasteiger partial charge in [0.2, 0.25) is 0 Å². The normalized spacial score (nSPS) is 9.50. The van der Waals surface area contributed by atoms with Gasteiger partial charge < -0.3 is 0 Å². The Bertz CT molecular complexity index is 331. The number of halogens is 1. The zero-order valence-corrected chi connectivity index (χ0v) is 8.66. The maximum Gasteiger partial charge on any atom is 0.159 e. The summed E-state index contributed by atoms with van der Waals surface area (Å²) in [5.74, 6) is 0.0189. The van der Waals surface area contributed by atoms with Crippen LogP contribution in [0.5, 0.6) is 0 Å². The van der Waals surface area contributed by atoms with Crippen molar-refractivity contribution in [2.24, 2.45) is 0 Å². The van der Waals surface area contributed by atoms with Gasteiger partial charge in [-0.05, 0) is 41.6 Å². The number of aldehydes is 1. The molecule has 2 nitrogen and oxygen atoms in total. The van der Waals surface area contributed by atoms with Gasteiger partial charge in [0.25, 0.3) is 0 Å². The Balaban J connectivity index is 3.18. The van der Waals surface area contributed by atoms with E-state index in [1.54, 1.807) is 18.2 Å². The van der Waals surface area contributed by atoms with Crippen LogP contribution < -0.4 is 0 Å². The summed E-state index contributed by atoms with van der Waals surface area (Å²) in [6.07, 6.45) is 0.783. The first kappa shape index (κ1) is 9.38. The van der Waals surface area contributed by atoms with Gasteiger partial charge in [-0.15, -0.1) is 0 Å². The first-order valence-corrected chi connectivity index (χ1v) is 4.48. The van der Waals surface area contributed by atoms with E-state index in [9.17, 15) is 9.59 Å². The van der Waals surface area contributed by atoms with Crippen molar-refractivity contribution in [3.63, 3.8) is 0 Å². The van der Waals surface area contributed by atoms with Gasteiger partial charge in [-0.25, -0.2) is 0 Å². The highest BCUT2D eigenvalue weighted by molar-refractivity contribution is 14.1. The van der Waals surface area contributed by atoms with E-state index in [-0.39, 0.29) is 5.78 Å². The Morgan fingerprint density at radius 1 is 1.50 bits per heavy atom. The summed E-state index contributed by atoms with van der Waals surface area (Å²) in [7, 11) is 0. The van der Waals surface area contributed by atoms with Crippen molar-refractivity contribution in [2.45, 2.75) is 6.92 Å². The average molecular weight is 274 g/mol. The number of carbonyl (C=O) groups is 2. The van der Waals surface area contributed by atoms with Crippen molar-refractivity contribution in [2.75, 3.05) is 0 Å². The topological polar surface area (TPSA) is 34.1 Å². The second-order valence-corrected chi connectivity index (χ2v) is 3.57. The molecule has 0 radical (unpaired) electrons. The van der Waals surface area contributed by atoms with Crippen molar-refractivity contribution in [3.05, 3.63) is 32.9 Å². The summed E-state index contributed by atoms with van der Waals surface area (Å²) in [6.45, 7) is 1.51. The molecule has 1 aromatic carbocycles. The summed E-state index contributed by atoms with van der Waals surface area (Å²) in [4.78, 5) is 21.3. The molecule has 0 aliphatic heterocycles. The number of carbonyl (C=O) groups excluding carboxylic acids is 2. The van der Waals surface area contributed by atoms with Crippen LogP contribution >= 0.6 is 22.6 Å². The summed E-state index contributed by atoms with van der Waals surface area (Å²) < 4.78 is 0.815. The van der Waals surface area contributed by atoms with Crippen LogP contribution in [0.1, 0.15) is 27.6 Å². The van der Waals surface area contributed by atoms with Crippen LogP contribution in [0.15, 0.2) is 18.2 Å². The Labute approximate surface area is 84.1 Å². The third-order valence-electron chi connectivity index (χ3n) is 1.53. The number of ketones is 1. The molecule has 0 saturated heterocycles. The fourth-order valence-corrected chi connectivity index (χ4v) is 1.48.